The highest BCUT2D eigenvalue weighted by atomic mass is 16.6. The van der Waals surface area contributed by atoms with Crippen molar-refractivity contribution in [3.8, 4) is 0 Å². The molecule has 248 valence electrons. The molecule has 4 aromatic heterocycles. The predicted octanol–water partition coefficient (Wildman–Crippen LogP) is 4.22. The Morgan fingerprint density at radius 3 is 2.45 bits per heavy atom. The molecule has 0 unspecified atom stereocenters. The molecule has 6 heterocycles. The molecule has 13 heteroatoms. The van der Waals surface area contributed by atoms with Crippen LogP contribution in [0.5, 0.6) is 0 Å². The minimum atomic E-state index is -0.518. The monoisotopic (exact) mass is 641 g/mol. The normalized spacial score (nSPS) is 16.4. The SMILES string of the molecule is CCc1cc2ncc(CN3CCN(c4ccc(C(=O)Nc5cnn(C6CCN(C(=O)OC(C)(C)C)CC6)c5)nc4)CC3)cc2[nH]c1=O. The van der Waals surface area contributed by atoms with Crippen molar-refractivity contribution >= 4 is 34.4 Å². The predicted molar refractivity (Wildman–Crippen MR) is 180 cm³/mol. The molecule has 2 amide bonds. The number of H-pyrrole nitrogens is 1. The molecule has 0 spiro atoms. The topological polar surface area (TPSA) is 142 Å². The number of piperazine rings is 1. The first-order chi connectivity index (χ1) is 22.5. The van der Waals surface area contributed by atoms with Gasteiger partial charge in [-0.05, 0) is 69.9 Å². The zero-order valence-corrected chi connectivity index (χ0v) is 27.5. The van der Waals surface area contributed by atoms with E-state index in [0.29, 0.717) is 30.9 Å². The number of pyridine rings is 3. The lowest BCUT2D eigenvalue weighted by molar-refractivity contribution is 0.0184. The summed E-state index contributed by atoms with van der Waals surface area (Å²) in [5, 5.41) is 7.37. The molecule has 47 heavy (non-hydrogen) atoms. The number of nitrogens with one attached hydrogen (secondary N) is 2. The molecular formula is C34H43N9O4. The fourth-order valence-electron chi connectivity index (χ4n) is 6.08. The van der Waals surface area contributed by atoms with Crippen molar-refractivity contribution in [3.63, 3.8) is 0 Å². The number of likely N-dealkylation sites (tertiary alicyclic amines) is 1. The molecule has 6 rings (SSSR count). The lowest BCUT2D eigenvalue weighted by Crippen LogP contribution is -2.46. The number of carbonyl (C=O) groups excluding carboxylic acids is 2. The van der Waals surface area contributed by atoms with E-state index in [1.807, 2.05) is 63.0 Å². The maximum absolute atomic E-state index is 13.0. The lowest BCUT2D eigenvalue weighted by atomic mass is 10.1. The minimum Gasteiger partial charge on any atom is -0.444 e. The Morgan fingerprint density at radius 2 is 1.77 bits per heavy atom. The molecule has 2 N–H and O–H groups in total. The number of aryl methyl sites for hydroxylation is 1. The van der Waals surface area contributed by atoms with E-state index in [0.717, 1.165) is 73.4 Å². The van der Waals surface area contributed by atoms with Crippen LogP contribution in [-0.2, 0) is 17.7 Å². The highest BCUT2D eigenvalue weighted by molar-refractivity contribution is 6.02. The zero-order valence-electron chi connectivity index (χ0n) is 27.5. The van der Waals surface area contributed by atoms with Crippen LogP contribution in [0, 0.1) is 0 Å². The molecule has 0 radical (unpaired) electrons. The van der Waals surface area contributed by atoms with Gasteiger partial charge in [-0.3, -0.25) is 24.2 Å². The van der Waals surface area contributed by atoms with Crippen molar-refractivity contribution in [2.75, 3.05) is 49.5 Å². The van der Waals surface area contributed by atoms with E-state index in [2.05, 4.69) is 35.2 Å². The largest absolute Gasteiger partial charge is 0.444 e. The molecule has 13 nitrogen and oxygen atoms in total. The Hall–Kier alpha value is -4.78. The van der Waals surface area contributed by atoms with Crippen LogP contribution in [-0.4, -0.2) is 91.4 Å². The Bertz CT molecular complexity index is 1780. The molecular weight excluding hydrogens is 598 g/mol. The van der Waals surface area contributed by atoms with Crippen molar-refractivity contribution in [2.24, 2.45) is 0 Å². The van der Waals surface area contributed by atoms with Gasteiger partial charge in [-0.25, -0.2) is 9.78 Å². The molecule has 4 aromatic rings. The Labute approximate surface area is 273 Å². The fraction of sp³-hybridized carbons (Fsp3) is 0.471. The third-order valence-electron chi connectivity index (χ3n) is 8.68. The summed E-state index contributed by atoms with van der Waals surface area (Å²) in [6.45, 7) is 12.9. The minimum absolute atomic E-state index is 0.0498. The van der Waals surface area contributed by atoms with Crippen LogP contribution in [0.4, 0.5) is 16.2 Å². The zero-order chi connectivity index (χ0) is 33.1. The van der Waals surface area contributed by atoms with Gasteiger partial charge in [-0.1, -0.05) is 6.92 Å². The second-order valence-corrected chi connectivity index (χ2v) is 13.3. The fourth-order valence-corrected chi connectivity index (χ4v) is 6.08. The Kier molecular flexibility index (Phi) is 9.26. The summed E-state index contributed by atoms with van der Waals surface area (Å²) in [7, 11) is 0. The number of hydrogen-bond acceptors (Lipinski definition) is 9. The van der Waals surface area contributed by atoms with E-state index in [9.17, 15) is 14.4 Å². The van der Waals surface area contributed by atoms with Crippen molar-refractivity contribution in [1.29, 1.82) is 0 Å². The highest BCUT2D eigenvalue weighted by Crippen LogP contribution is 2.25. The number of piperidine rings is 1. The summed E-state index contributed by atoms with van der Waals surface area (Å²) in [5.74, 6) is -0.295. The first-order valence-corrected chi connectivity index (χ1v) is 16.3. The van der Waals surface area contributed by atoms with E-state index >= 15 is 0 Å². The van der Waals surface area contributed by atoms with Crippen molar-refractivity contribution in [2.45, 2.75) is 65.1 Å². The van der Waals surface area contributed by atoms with E-state index in [1.54, 1.807) is 23.4 Å². The van der Waals surface area contributed by atoms with Gasteiger partial charge in [0.05, 0.1) is 40.8 Å². The van der Waals surface area contributed by atoms with Gasteiger partial charge in [0.15, 0.2) is 0 Å². The molecule has 0 saturated carbocycles. The number of nitrogens with zero attached hydrogens (tertiary/aromatic N) is 7. The van der Waals surface area contributed by atoms with Crippen LogP contribution in [0.1, 0.15) is 68.2 Å². The Balaban J connectivity index is 0.971. The van der Waals surface area contributed by atoms with Crippen LogP contribution in [0.3, 0.4) is 0 Å². The number of aromatic nitrogens is 5. The summed E-state index contributed by atoms with van der Waals surface area (Å²) < 4.78 is 7.35. The molecule has 2 aliphatic rings. The quantitative estimate of drug-likeness (QED) is 0.303. The molecule has 0 atom stereocenters. The lowest BCUT2D eigenvalue weighted by Gasteiger charge is -2.36. The second kappa shape index (κ2) is 13.5. The number of anilines is 2. The summed E-state index contributed by atoms with van der Waals surface area (Å²) in [4.78, 5) is 55.9. The second-order valence-electron chi connectivity index (χ2n) is 13.3. The number of hydrogen-bond donors (Lipinski definition) is 2. The van der Waals surface area contributed by atoms with Crippen molar-refractivity contribution in [1.82, 2.24) is 34.5 Å². The number of ether oxygens (including phenoxy) is 1. The van der Waals surface area contributed by atoms with E-state index in [-0.39, 0.29) is 23.6 Å². The number of fused-ring (bicyclic) bond motifs is 1. The maximum atomic E-state index is 13.0. The molecule has 0 bridgehead atoms. The standard InChI is InChI=1S/C34H43N9O4/c1-5-24-17-29-30(39-31(24)44)16-23(18-35-29)21-40-12-14-41(15-13-40)27-6-7-28(36-20-27)32(45)38-25-19-37-43(22-25)26-8-10-42(11-9-26)33(46)47-34(2,3)4/h6-7,16-20,22,26H,5,8-15,21H2,1-4H3,(H,38,45)(H,39,44). The van der Waals surface area contributed by atoms with Crippen LogP contribution in [0.2, 0.25) is 0 Å². The average molecular weight is 642 g/mol. The Morgan fingerprint density at radius 1 is 1.00 bits per heavy atom. The van der Waals surface area contributed by atoms with Gasteiger partial charge in [0.1, 0.15) is 11.3 Å². The van der Waals surface area contributed by atoms with Gasteiger partial charge in [0, 0.05) is 63.8 Å². The number of amides is 2. The number of carbonyl (C=O) groups is 2. The maximum Gasteiger partial charge on any atom is 0.410 e. The van der Waals surface area contributed by atoms with Gasteiger partial charge in [-0.2, -0.15) is 5.10 Å². The van der Waals surface area contributed by atoms with E-state index in [4.69, 9.17) is 4.74 Å². The van der Waals surface area contributed by atoms with Gasteiger partial charge < -0.3 is 24.8 Å². The molecule has 2 fully saturated rings. The summed E-state index contributed by atoms with van der Waals surface area (Å²) in [6, 6.07) is 7.72. The van der Waals surface area contributed by atoms with Crippen LogP contribution in [0.25, 0.3) is 11.0 Å². The van der Waals surface area contributed by atoms with E-state index < -0.39 is 5.60 Å². The summed E-state index contributed by atoms with van der Waals surface area (Å²) in [5.41, 5.74) is 4.73. The van der Waals surface area contributed by atoms with Crippen LogP contribution in [0.15, 0.2) is 53.8 Å². The number of aromatic amines is 1. The molecule has 2 aliphatic heterocycles. The molecule has 0 aromatic carbocycles. The molecule has 0 aliphatic carbocycles. The first-order valence-electron chi connectivity index (χ1n) is 16.3. The van der Waals surface area contributed by atoms with Gasteiger partial charge >= 0.3 is 6.09 Å². The third kappa shape index (κ3) is 7.79. The van der Waals surface area contributed by atoms with Gasteiger partial charge in [-0.15, -0.1) is 0 Å². The van der Waals surface area contributed by atoms with Crippen LogP contribution >= 0.6 is 0 Å². The van der Waals surface area contributed by atoms with Gasteiger partial charge in [0.2, 0.25) is 0 Å². The summed E-state index contributed by atoms with van der Waals surface area (Å²) >= 11 is 0. The van der Waals surface area contributed by atoms with Crippen molar-refractivity contribution < 1.29 is 14.3 Å². The van der Waals surface area contributed by atoms with Crippen LogP contribution < -0.4 is 15.8 Å². The first kappa shape index (κ1) is 32.2. The van der Waals surface area contributed by atoms with Crippen molar-refractivity contribution in [3.05, 3.63) is 76.2 Å². The third-order valence-corrected chi connectivity index (χ3v) is 8.68. The smallest absolute Gasteiger partial charge is 0.410 e. The van der Waals surface area contributed by atoms with E-state index in [1.165, 1.54) is 0 Å². The average Bonchev–Trinajstić information content (AvgIpc) is 3.52. The highest BCUT2D eigenvalue weighted by Gasteiger charge is 2.28. The number of rotatable bonds is 7. The van der Waals surface area contributed by atoms with Gasteiger partial charge in [0.25, 0.3) is 11.5 Å². The molecule has 2 saturated heterocycles. The summed E-state index contributed by atoms with van der Waals surface area (Å²) in [6.07, 6.45) is 9.02.